The Kier molecular flexibility index (Phi) is 5.72. The Morgan fingerprint density at radius 1 is 0.875 bits per heavy atom. The van der Waals surface area contributed by atoms with Crippen LogP contribution in [0, 0.1) is 12.7 Å². The van der Waals surface area contributed by atoms with Gasteiger partial charge in [0.05, 0.1) is 5.69 Å². The Bertz CT molecular complexity index is 1550. The first kappa shape index (κ1) is 20.9. The summed E-state index contributed by atoms with van der Waals surface area (Å²) in [6.45, 7) is 1.85. The monoisotopic (exact) mass is 427 g/mol. The number of nitrogens with zero attached hydrogens (tertiary/aromatic N) is 1. The Morgan fingerprint density at radius 3 is 2.25 bits per heavy atom. The van der Waals surface area contributed by atoms with Crippen LogP contribution >= 0.6 is 0 Å². The summed E-state index contributed by atoms with van der Waals surface area (Å²) in [6.07, 6.45) is 4.60. The van der Waals surface area contributed by atoms with Crippen LogP contribution in [0.15, 0.2) is 76.4 Å². The number of aromatic amines is 2. The molecule has 158 valence electrons. The van der Waals surface area contributed by atoms with Crippen LogP contribution in [0.5, 0.6) is 0 Å². The number of H-pyrrole nitrogens is 2. The molecule has 0 aliphatic heterocycles. The highest BCUT2D eigenvalue weighted by Crippen LogP contribution is 2.13. The molecule has 6 nitrogen and oxygen atoms in total. The van der Waals surface area contributed by atoms with Gasteiger partial charge in [0, 0.05) is 17.3 Å². The number of benzene rings is 2. The van der Waals surface area contributed by atoms with E-state index in [0.717, 1.165) is 5.56 Å². The van der Waals surface area contributed by atoms with Crippen LogP contribution in [0.4, 0.5) is 4.39 Å². The third kappa shape index (κ3) is 4.52. The molecule has 32 heavy (non-hydrogen) atoms. The number of nitrogens with one attached hydrogen (secondary N) is 2. The zero-order valence-electron chi connectivity index (χ0n) is 17.1. The maximum absolute atomic E-state index is 13.1. The minimum Gasteiger partial charge on any atom is -0.316 e. The van der Waals surface area contributed by atoms with Crippen molar-refractivity contribution in [3.8, 4) is 0 Å². The highest BCUT2D eigenvalue weighted by atomic mass is 19.1. The van der Waals surface area contributed by atoms with Gasteiger partial charge in [-0.2, -0.15) is 0 Å². The number of carbonyl (C=O) groups is 1. The number of hydrogen-bond acceptors (Lipinski definition) is 4. The Balaban J connectivity index is 1.73. The fourth-order valence-corrected chi connectivity index (χ4v) is 3.19. The molecule has 0 saturated carbocycles. The molecule has 2 heterocycles. The van der Waals surface area contributed by atoms with Crippen molar-refractivity contribution >= 4 is 17.9 Å². The lowest BCUT2D eigenvalue weighted by Gasteiger charge is -2.03. The molecule has 0 fully saturated rings. The van der Waals surface area contributed by atoms with Crippen molar-refractivity contribution in [1.29, 1.82) is 0 Å². The van der Waals surface area contributed by atoms with Gasteiger partial charge in [-0.05, 0) is 66.6 Å². The summed E-state index contributed by atoms with van der Waals surface area (Å²) in [5.41, 5.74) is 1.76. The van der Waals surface area contributed by atoms with Crippen LogP contribution in [0.25, 0.3) is 12.2 Å². The topological polar surface area (TPSA) is 95.7 Å². The second kappa shape index (κ2) is 8.77. The minimum absolute atomic E-state index is 0.0521. The normalized spacial score (nSPS) is 12.2. The quantitative estimate of drug-likeness (QED) is 0.486. The Hall–Kier alpha value is -4.39. The smallest absolute Gasteiger partial charge is 0.272 e. The number of rotatable bonds is 4. The van der Waals surface area contributed by atoms with Gasteiger partial charge >= 0.3 is 0 Å². The van der Waals surface area contributed by atoms with Crippen LogP contribution in [0.3, 0.4) is 0 Å². The second-order valence-electron chi connectivity index (χ2n) is 7.19. The molecule has 2 aromatic heterocycles. The van der Waals surface area contributed by atoms with Gasteiger partial charge < -0.3 is 9.97 Å². The number of pyridine rings is 1. The molecule has 0 aliphatic rings. The molecule has 0 atom stereocenters. The zero-order valence-corrected chi connectivity index (χ0v) is 17.1. The second-order valence-corrected chi connectivity index (χ2v) is 7.19. The fraction of sp³-hybridized carbons (Fsp3) is 0.0400. The Morgan fingerprint density at radius 2 is 1.56 bits per heavy atom. The zero-order chi connectivity index (χ0) is 22.7. The average Bonchev–Trinajstić information content (AvgIpc) is 2.79. The molecule has 7 heteroatoms. The van der Waals surface area contributed by atoms with E-state index in [0.29, 0.717) is 22.4 Å². The maximum atomic E-state index is 13.1. The highest BCUT2D eigenvalue weighted by molar-refractivity contribution is 6.09. The van der Waals surface area contributed by atoms with E-state index in [1.165, 1.54) is 36.4 Å². The molecular weight excluding hydrogens is 409 g/mol. The van der Waals surface area contributed by atoms with E-state index in [2.05, 4.69) is 15.0 Å². The summed E-state index contributed by atoms with van der Waals surface area (Å²) in [6, 6.07) is 15.5. The number of aryl methyl sites for hydroxylation is 1. The molecule has 0 unspecified atom stereocenters. The number of halogens is 1. The lowest BCUT2D eigenvalue weighted by Crippen LogP contribution is -2.46. The Labute approximate surface area is 181 Å². The molecule has 2 aromatic carbocycles. The summed E-state index contributed by atoms with van der Waals surface area (Å²) in [5, 5.41) is 0.144. The largest absolute Gasteiger partial charge is 0.316 e. The van der Waals surface area contributed by atoms with Crippen molar-refractivity contribution in [1.82, 2.24) is 15.0 Å². The molecule has 0 spiro atoms. The lowest BCUT2D eigenvalue weighted by molar-refractivity contribution is 0.103. The molecule has 0 saturated heterocycles. The maximum Gasteiger partial charge on any atom is 0.272 e. The summed E-state index contributed by atoms with van der Waals surface area (Å²) >= 11 is 0. The van der Waals surface area contributed by atoms with Gasteiger partial charge in [0.15, 0.2) is 5.78 Å². The standard InChI is InChI=1S/C25H18FN3O3/c1-15-4-3-11-27-20(15)14-22-25(32)28-21(24(31)29-22)13-16-5-2-6-18(12-16)23(30)17-7-9-19(26)10-8-17/h2-14H,1H3,(H,28,32)(H,29,31). The van der Waals surface area contributed by atoms with Gasteiger partial charge in [0.1, 0.15) is 16.5 Å². The minimum atomic E-state index is -0.486. The van der Waals surface area contributed by atoms with Crippen LogP contribution < -0.4 is 21.8 Å². The van der Waals surface area contributed by atoms with E-state index < -0.39 is 16.9 Å². The van der Waals surface area contributed by atoms with Crippen molar-refractivity contribution in [2.75, 3.05) is 0 Å². The van der Waals surface area contributed by atoms with Crippen LogP contribution in [-0.4, -0.2) is 20.7 Å². The summed E-state index contributed by atoms with van der Waals surface area (Å²) in [5.74, 6) is -0.705. The van der Waals surface area contributed by atoms with E-state index in [-0.39, 0.29) is 16.5 Å². The van der Waals surface area contributed by atoms with Gasteiger partial charge in [-0.3, -0.25) is 19.4 Å². The third-order valence-electron chi connectivity index (χ3n) is 4.88. The molecule has 0 radical (unpaired) electrons. The third-order valence-corrected chi connectivity index (χ3v) is 4.88. The number of carbonyl (C=O) groups excluding carboxylic acids is 1. The predicted octanol–water partition coefficient (Wildman–Crippen LogP) is 1.79. The first-order valence-electron chi connectivity index (χ1n) is 9.79. The summed E-state index contributed by atoms with van der Waals surface area (Å²) in [7, 11) is 0. The average molecular weight is 427 g/mol. The number of aromatic nitrogens is 3. The molecule has 0 bridgehead atoms. The van der Waals surface area contributed by atoms with Crippen molar-refractivity contribution in [2.45, 2.75) is 6.92 Å². The number of hydrogen-bond donors (Lipinski definition) is 2. The SMILES string of the molecule is Cc1cccnc1C=c1[nH]c(=O)c(=Cc2cccc(C(=O)c3ccc(F)cc3)c2)[nH]c1=O. The van der Waals surface area contributed by atoms with E-state index in [9.17, 15) is 18.8 Å². The van der Waals surface area contributed by atoms with Crippen molar-refractivity contribution in [3.63, 3.8) is 0 Å². The van der Waals surface area contributed by atoms with E-state index in [1.54, 1.807) is 36.5 Å². The summed E-state index contributed by atoms with van der Waals surface area (Å²) in [4.78, 5) is 47.1. The molecule has 0 aliphatic carbocycles. The first-order chi connectivity index (χ1) is 15.4. The van der Waals surface area contributed by atoms with Crippen LogP contribution in [-0.2, 0) is 0 Å². The number of ketones is 1. The summed E-state index contributed by atoms with van der Waals surface area (Å²) < 4.78 is 13.1. The van der Waals surface area contributed by atoms with Crippen molar-refractivity contribution in [2.24, 2.45) is 0 Å². The lowest BCUT2D eigenvalue weighted by atomic mass is 10.0. The van der Waals surface area contributed by atoms with Crippen LogP contribution in [0.1, 0.15) is 32.7 Å². The van der Waals surface area contributed by atoms with Gasteiger partial charge in [-0.15, -0.1) is 0 Å². The molecule has 4 aromatic rings. The van der Waals surface area contributed by atoms with E-state index in [4.69, 9.17) is 0 Å². The fourth-order valence-electron chi connectivity index (χ4n) is 3.19. The molecule has 2 N–H and O–H groups in total. The van der Waals surface area contributed by atoms with Gasteiger partial charge in [0.25, 0.3) is 11.1 Å². The van der Waals surface area contributed by atoms with E-state index >= 15 is 0 Å². The van der Waals surface area contributed by atoms with Gasteiger partial charge in [-0.25, -0.2) is 4.39 Å². The van der Waals surface area contributed by atoms with Crippen molar-refractivity contribution in [3.05, 3.63) is 132 Å². The molecule has 0 amide bonds. The van der Waals surface area contributed by atoms with Crippen molar-refractivity contribution < 1.29 is 9.18 Å². The molecule has 4 rings (SSSR count). The molecular formula is C25H18FN3O3. The predicted molar refractivity (Wildman–Crippen MR) is 119 cm³/mol. The van der Waals surface area contributed by atoms with Gasteiger partial charge in [0.2, 0.25) is 0 Å². The van der Waals surface area contributed by atoms with Gasteiger partial charge in [-0.1, -0.05) is 24.3 Å². The van der Waals surface area contributed by atoms with Crippen LogP contribution in [0.2, 0.25) is 0 Å². The highest BCUT2D eigenvalue weighted by Gasteiger charge is 2.09. The first-order valence-corrected chi connectivity index (χ1v) is 9.79. The van der Waals surface area contributed by atoms with E-state index in [1.807, 2.05) is 13.0 Å².